The minimum absolute atomic E-state index is 0.0503. The third-order valence-corrected chi connectivity index (χ3v) is 9.17. The number of amides is 2. The van der Waals surface area contributed by atoms with Crippen molar-refractivity contribution in [3.05, 3.63) is 82.6 Å². The van der Waals surface area contributed by atoms with Crippen LogP contribution in [0.3, 0.4) is 0 Å². The summed E-state index contributed by atoms with van der Waals surface area (Å²) in [6.45, 7) is 5.41. The average molecular weight is 663 g/mol. The number of hydrogen-bond acceptors (Lipinski definition) is 6. The molecule has 3 aromatic carbocycles. The minimum Gasteiger partial charge on any atom is -0.486 e. The van der Waals surface area contributed by atoms with Gasteiger partial charge in [0.2, 0.25) is 11.8 Å². The van der Waals surface area contributed by atoms with Crippen molar-refractivity contribution in [2.24, 2.45) is 0 Å². The van der Waals surface area contributed by atoms with Crippen LogP contribution in [0.25, 0.3) is 0 Å². The predicted octanol–water partition coefficient (Wildman–Crippen LogP) is 4.89. The molecular formula is C30H33BrFN3O6S. The number of fused-ring (bicyclic) bond motifs is 1. The molecule has 1 N–H and O–H groups in total. The second-order valence-electron chi connectivity index (χ2n) is 9.94. The Hall–Kier alpha value is -3.64. The SMILES string of the molecule is CC[C@H](C)NC(=O)[C@@H](C)N(Cc1cccc(Br)c1)C(=O)CN(c1ccc(F)cc1)S(=O)(=O)c1ccc2c(c1)OCCO2. The summed E-state index contributed by atoms with van der Waals surface area (Å²) in [7, 11) is -4.36. The number of hydrogen-bond donors (Lipinski definition) is 1. The van der Waals surface area contributed by atoms with Crippen LogP contribution >= 0.6 is 15.9 Å². The maximum absolute atomic E-state index is 14.0. The zero-order chi connectivity index (χ0) is 30.4. The Labute approximate surface area is 253 Å². The first-order chi connectivity index (χ1) is 20.0. The summed E-state index contributed by atoms with van der Waals surface area (Å²) >= 11 is 3.43. The number of ether oxygens (including phenoxy) is 2. The second-order valence-corrected chi connectivity index (χ2v) is 12.7. The molecule has 0 spiro atoms. The maximum atomic E-state index is 14.0. The molecule has 9 nitrogen and oxygen atoms in total. The summed E-state index contributed by atoms with van der Waals surface area (Å²) in [4.78, 5) is 28.4. The highest BCUT2D eigenvalue weighted by molar-refractivity contribution is 9.10. The van der Waals surface area contributed by atoms with E-state index in [9.17, 15) is 22.4 Å². The first-order valence-electron chi connectivity index (χ1n) is 13.5. The molecule has 3 aromatic rings. The lowest BCUT2D eigenvalue weighted by Crippen LogP contribution is -2.52. The highest BCUT2D eigenvalue weighted by Gasteiger charge is 2.33. The van der Waals surface area contributed by atoms with Crippen LogP contribution < -0.4 is 19.1 Å². The Morgan fingerprint density at radius 2 is 1.69 bits per heavy atom. The number of sulfonamides is 1. The monoisotopic (exact) mass is 661 g/mol. The zero-order valence-corrected chi connectivity index (χ0v) is 26.0. The Balaban J connectivity index is 1.72. The molecule has 0 aromatic heterocycles. The molecular weight excluding hydrogens is 629 g/mol. The van der Waals surface area contributed by atoms with Gasteiger partial charge in [0.25, 0.3) is 10.0 Å². The average Bonchev–Trinajstić information content (AvgIpc) is 2.98. The summed E-state index contributed by atoms with van der Waals surface area (Å²) in [6.07, 6.45) is 0.699. The van der Waals surface area contributed by atoms with Gasteiger partial charge in [-0.05, 0) is 74.4 Å². The van der Waals surface area contributed by atoms with E-state index in [1.165, 1.54) is 35.2 Å². The van der Waals surface area contributed by atoms with Crippen molar-refractivity contribution >= 4 is 43.5 Å². The lowest BCUT2D eigenvalue weighted by atomic mass is 10.1. The topological polar surface area (TPSA) is 105 Å². The molecule has 0 saturated carbocycles. The van der Waals surface area contributed by atoms with Crippen LogP contribution in [0.2, 0.25) is 0 Å². The van der Waals surface area contributed by atoms with Gasteiger partial charge in [-0.25, -0.2) is 12.8 Å². The maximum Gasteiger partial charge on any atom is 0.264 e. The van der Waals surface area contributed by atoms with Gasteiger partial charge in [-0.2, -0.15) is 0 Å². The molecule has 0 aliphatic carbocycles. The lowest BCUT2D eigenvalue weighted by molar-refractivity contribution is -0.139. The van der Waals surface area contributed by atoms with Gasteiger partial charge in [0, 0.05) is 23.1 Å². The van der Waals surface area contributed by atoms with E-state index in [0.29, 0.717) is 18.8 Å². The highest BCUT2D eigenvalue weighted by Crippen LogP contribution is 2.34. The van der Waals surface area contributed by atoms with Crippen LogP contribution in [-0.4, -0.2) is 57.0 Å². The molecule has 0 bridgehead atoms. The molecule has 42 heavy (non-hydrogen) atoms. The third kappa shape index (κ3) is 7.40. The Morgan fingerprint density at radius 3 is 2.36 bits per heavy atom. The number of rotatable bonds is 11. The Kier molecular flexibility index (Phi) is 10.1. The fourth-order valence-corrected chi connectivity index (χ4v) is 6.20. The van der Waals surface area contributed by atoms with Gasteiger partial charge in [-0.15, -0.1) is 0 Å². The smallest absolute Gasteiger partial charge is 0.264 e. The van der Waals surface area contributed by atoms with Crippen LogP contribution in [-0.2, 0) is 26.2 Å². The van der Waals surface area contributed by atoms with Gasteiger partial charge in [-0.3, -0.25) is 13.9 Å². The zero-order valence-electron chi connectivity index (χ0n) is 23.5. The van der Waals surface area contributed by atoms with Crippen LogP contribution in [0.5, 0.6) is 11.5 Å². The molecule has 224 valence electrons. The minimum atomic E-state index is -4.36. The molecule has 0 fully saturated rings. The van der Waals surface area contributed by atoms with E-state index in [1.54, 1.807) is 6.92 Å². The van der Waals surface area contributed by atoms with Crippen molar-refractivity contribution in [3.63, 3.8) is 0 Å². The van der Waals surface area contributed by atoms with E-state index < -0.39 is 34.3 Å². The summed E-state index contributed by atoms with van der Waals surface area (Å²) < 4.78 is 54.7. The van der Waals surface area contributed by atoms with Crippen LogP contribution in [0.4, 0.5) is 10.1 Å². The number of nitrogens with one attached hydrogen (secondary N) is 1. The molecule has 12 heteroatoms. The molecule has 2 atom stereocenters. The normalized spacial score (nSPS) is 14.0. The first-order valence-corrected chi connectivity index (χ1v) is 15.7. The van der Waals surface area contributed by atoms with Gasteiger partial charge in [-0.1, -0.05) is 35.0 Å². The van der Waals surface area contributed by atoms with Crippen LogP contribution in [0, 0.1) is 5.82 Å². The molecule has 2 amide bonds. The molecule has 0 saturated heterocycles. The quantitative estimate of drug-likeness (QED) is 0.314. The van der Waals surface area contributed by atoms with Gasteiger partial charge in [0.1, 0.15) is 31.6 Å². The standard InChI is InChI=1S/C30H33BrFN3O6S/c1-4-20(2)33-30(37)21(3)34(18-22-6-5-7-23(31)16-22)29(36)19-35(25-10-8-24(32)9-11-25)42(38,39)26-12-13-27-28(17-26)41-15-14-40-27/h5-13,16-17,20-21H,4,14-15,18-19H2,1-3H3,(H,33,37)/t20-,21+/m0/s1. The molecule has 1 heterocycles. The Morgan fingerprint density at radius 1 is 1.00 bits per heavy atom. The van der Waals surface area contributed by atoms with E-state index in [-0.39, 0.29) is 41.4 Å². The van der Waals surface area contributed by atoms with Crippen molar-refractivity contribution in [2.45, 2.75) is 50.7 Å². The number of halogens is 2. The summed E-state index contributed by atoms with van der Waals surface area (Å²) in [5.41, 5.74) is 0.822. The largest absolute Gasteiger partial charge is 0.486 e. The molecule has 0 unspecified atom stereocenters. The van der Waals surface area contributed by atoms with Crippen LogP contribution in [0.15, 0.2) is 76.1 Å². The number of nitrogens with zero attached hydrogens (tertiary/aromatic N) is 2. The van der Waals surface area contributed by atoms with Gasteiger partial charge < -0.3 is 19.7 Å². The molecule has 0 radical (unpaired) electrons. The third-order valence-electron chi connectivity index (χ3n) is 6.91. The summed E-state index contributed by atoms with van der Waals surface area (Å²) in [5.74, 6) is -0.874. The van der Waals surface area contributed by atoms with E-state index in [1.807, 2.05) is 38.1 Å². The van der Waals surface area contributed by atoms with Crippen molar-refractivity contribution in [1.29, 1.82) is 0 Å². The molecule has 1 aliphatic heterocycles. The Bertz CT molecular complexity index is 1540. The van der Waals surface area contributed by atoms with Crippen molar-refractivity contribution < 1.29 is 31.9 Å². The fourth-order valence-electron chi connectivity index (χ4n) is 4.33. The van der Waals surface area contributed by atoms with Gasteiger partial charge in [0.15, 0.2) is 11.5 Å². The van der Waals surface area contributed by atoms with Crippen LogP contribution in [0.1, 0.15) is 32.8 Å². The number of benzene rings is 3. The summed E-state index contributed by atoms with van der Waals surface area (Å²) in [5, 5.41) is 2.90. The fraction of sp³-hybridized carbons (Fsp3) is 0.333. The van der Waals surface area contributed by atoms with E-state index in [2.05, 4.69) is 21.2 Å². The van der Waals surface area contributed by atoms with Crippen molar-refractivity contribution in [2.75, 3.05) is 24.1 Å². The van der Waals surface area contributed by atoms with Crippen molar-refractivity contribution in [3.8, 4) is 11.5 Å². The van der Waals surface area contributed by atoms with Crippen molar-refractivity contribution in [1.82, 2.24) is 10.2 Å². The first kappa shape index (κ1) is 31.3. The van der Waals surface area contributed by atoms with E-state index in [4.69, 9.17) is 9.47 Å². The van der Waals surface area contributed by atoms with Gasteiger partial charge >= 0.3 is 0 Å². The van der Waals surface area contributed by atoms with Gasteiger partial charge in [0.05, 0.1) is 10.6 Å². The molecule has 1 aliphatic rings. The summed E-state index contributed by atoms with van der Waals surface area (Å²) in [6, 6.07) is 15.3. The lowest BCUT2D eigenvalue weighted by Gasteiger charge is -2.32. The highest BCUT2D eigenvalue weighted by atomic mass is 79.9. The predicted molar refractivity (Wildman–Crippen MR) is 160 cm³/mol. The number of carbonyl (C=O) groups is 2. The van der Waals surface area contributed by atoms with E-state index in [0.717, 1.165) is 26.5 Å². The number of anilines is 1. The second kappa shape index (κ2) is 13.6. The molecule has 4 rings (SSSR count). The number of carbonyl (C=O) groups excluding carboxylic acids is 2. The van der Waals surface area contributed by atoms with E-state index >= 15 is 0 Å².